The number of thioether (sulfide) groups is 1. The van der Waals surface area contributed by atoms with Gasteiger partial charge in [0.2, 0.25) is 5.91 Å². The van der Waals surface area contributed by atoms with Crippen LogP contribution in [0.3, 0.4) is 0 Å². The summed E-state index contributed by atoms with van der Waals surface area (Å²) in [6, 6.07) is 3.77. The van der Waals surface area contributed by atoms with Crippen molar-refractivity contribution in [1.29, 1.82) is 0 Å². The van der Waals surface area contributed by atoms with Crippen molar-refractivity contribution in [3.8, 4) is 0 Å². The summed E-state index contributed by atoms with van der Waals surface area (Å²) in [5, 5.41) is 22.0. The fraction of sp³-hybridized carbons (Fsp3) is 0.200. The predicted octanol–water partition coefficient (Wildman–Crippen LogP) is -0.190. The van der Waals surface area contributed by atoms with E-state index in [1.54, 1.807) is 6.21 Å². The Bertz CT molecular complexity index is 510. The zero-order chi connectivity index (χ0) is 13.0. The molecule has 94 valence electrons. The monoisotopic (exact) mass is 282 g/mol. The smallest absolute Gasteiger partial charge is 0.239 e. The summed E-state index contributed by atoms with van der Waals surface area (Å²) in [6.45, 7) is 0. The molecule has 8 heteroatoms. The molecule has 1 aliphatic heterocycles. The average Bonchev–Trinajstić information content (AvgIpc) is 2.90. The summed E-state index contributed by atoms with van der Waals surface area (Å²) in [7, 11) is 0. The third kappa shape index (κ3) is 3.41. The van der Waals surface area contributed by atoms with Crippen LogP contribution >= 0.6 is 23.1 Å². The van der Waals surface area contributed by atoms with Gasteiger partial charge < -0.3 is 15.2 Å². The maximum absolute atomic E-state index is 11.4. The summed E-state index contributed by atoms with van der Waals surface area (Å²) < 4.78 is 0. The van der Waals surface area contributed by atoms with Gasteiger partial charge in [0.05, 0.1) is 11.5 Å². The Kier molecular flexibility index (Phi) is 4.11. The van der Waals surface area contributed by atoms with Crippen molar-refractivity contribution < 1.29 is 14.7 Å². The molecule has 0 unspecified atom stereocenters. The molecule has 0 radical (unpaired) electrons. The molecule has 1 saturated heterocycles. The highest BCUT2D eigenvalue weighted by atomic mass is 32.2. The third-order valence-electron chi connectivity index (χ3n) is 2.01. The first kappa shape index (κ1) is 12.8. The van der Waals surface area contributed by atoms with Crippen molar-refractivity contribution in [1.82, 2.24) is 5.32 Å². The van der Waals surface area contributed by atoms with Gasteiger partial charge in [-0.1, -0.05) is 17.8 Å². The lowest BCUT2D eigenvalue weighted by Gasteiger charge is -2.04. The highest BCUT2D eigenvalue weighted by Gasteiger charge is 2.30. The van der Waals surface area contributed by atoms with Gasteiger partial charge in [0.1, 0.15) is 0 Å². The standard InChI is InChI=1S/C10H9N3O3S2/c14-8(15)4-7-9(16)12-10(18-7)13-11-5-6-2-1-3-17-6/h1-3,5,7H,4H2,(H,14,15)(H,12,13,16)/p-1/b11-5-/t7-/m1/s1. The maximum atomic E-state index is 11.4. The van der Waals surface area contributed by atoms with E-state index in [2.05, 4.69) is 15.5 Å². The number of amides is 1. The zero-order valence-corrected chi connectivity index (χ0v) is 10.7. The molecule has 1 amide bonds. The number of thiophene rings is 1. The van der Waals surface area contributed by atoms with E-state index < -0.39 is 11.2 Å². The summed E-state index contributed by atoms with van der Waals surface area (Å²) in [4.78, 5) is 22.7. The van der Waals surface area contributed by atoms with Gasteiger partial charge >= 0.3 is 0 Å². The minimum atomic E-state index is -1.26. The first-order chi connectivity index (χ1) is 8.65. The average molecular weight is 282 g/mol. The summed E-state index contributed by atoms with van der Waals surface area (Å²) in [5.41, 5.74) is 0. The van der Waals surface area contributed by atoms with E-state index >= 15 is 0 Å². The quantitative estimate of drug-likeness (QED) is 0.611. The number of carboxylic acids is 1. The van der Waals surface area contributed by atoms with Gasteiger partial charge in [-0.3, -0.25) is 4.79 Å². The van der Waals surface area contributed by atoms with Gasteiger partial charge in [-0.25, -0.2) is 0 Å². The van der Waals surface area contributed by atoms with Gasteiger partial charge in [-0.05, 0) is 11.4 Å². The van der Waals surface area contributed by atoms with E-state index in [0.29, 0.717) is 5.17 Å². The third-order valence-corrected chi connectivity index (χ3v) is 3.88. The van der Waals surface area contributed by atoms with E-state index in [-0.39, 0.29) is 12.3 Å². The number of carboxylic acid groups (broad SMARTS) is 1. The van der Waals surface area contributed by atoms with Crippen LogP contribution in [0.1, 0.15) is 11.3 Å². The molecule has 0 aliphatic carbocycles. The molecule has 0 spiro atoms. The van der Waals surface area contributed by atoms with Crippen molar-refractivity contribution in [2.75, 3.05) is 0 Å². The fourth-order valence-corrected chi connectivity index (χ4v) is 2.73. The Balaban J connectivity index is 1.95. The van der Waals surface area contributed by atoms with E-state index in [0.717, 1.165) is 16.6 Å². The SMILES string of the molecule is O=C([O-])C[C@H]1S/C(=N\N=C/c2cccs2)NC1=O. The lowest BCUT2D eigenvalue weighted by Crippen LogP contribution is -2.31. The molecule has 6 nitrogen and oxygen atoms in total. The van der Waals surface area contributed by atoms with Crippen molar-refractivity contribution in [2.24, 2.45) is 10.2 Å². The Hall–Kier alpha value is -1.67. The molecule has 1 aliphatic rings. The van der Waals surface area contributed by atoms with E-state index in [1.165, 1.54) is 11.3 Å². The highest BCUT2D eigenvalue weighted by Crippen LogP contribution is 2.21. The summed E-state index contributed by atoms with van der Waals surface area (Å²) in [6.07, 6.45) is 1.24. The normalized spacial score (nSPS) is 21.7. The van der Waals surface area contributed by atoms with Gasteiger partial charge in [-0.2, -0.15) is 5.10 Å². The molecule has 0 saturated carbocycles. The van der Waals surface area contributed by atoms with Crippen molar-refractivity contribution in [3.05, 3.63) is 22.4 Å². The first-order valence-electron chi connectivity index (χ1n) is 4.97. The number of amidine groups is 1. The molecule has 1 atom stereocenters. The van der Waals surface area contributed by atoms with E-state index in [9.17, 15) is 14.7 Å². The minimum Gasteiger partial charge on any atom is -0.550 e. The van der Waals surface area contributed by atoms with Gasteiger partial charge in [0.25, 0.3) is 0 Å². The molecule has 18 heavy (non-hydrogen) atoms. The number of nitrogens with zero attached hydrogens (tertiary/aromatic N) is 2. The van der Waals surface area contributed by atoms with Crippen molar-refractivity contribution in [3.63, 3.8) is 0 Å². The number of nitrogens with one attached hydrogen (secondary N) is 1. The lowest BCUT2D eigenvalue weighted by molar-refractivity contribution is -0.305. The fourth-order valence-electron chi connectivity index (χ4n) is 1.24. The highest BCUT2D eigenvalue weighted by molar-refractivity contribution is 8.15. The van der Waals surface area contributed by atoms with Crippen LogP contribution in [-0.2, 0) is 9.59 Å². The second-order valence-electron chi connectivity index (χ2n) is 3.34. The van der Waals surface area contributed by atoms with Crippen LogP contribution in [0, 0.1) is 0 Å². The zero-order valence-electron chi connectivity index (χ0n) is 9.03. The van der Waals surface area contributed by atoms with Crippen LogP contribution < -0.4 is 10.4 Å². The van der Waals surface area contributed by atoms with E-state index in [1.807, 2.05) is 17.5 Å². The van der Waals surface area contributed by atoms with Gasteiger partial charge in [0.15, 0.2) is 5.17 Å². The first-order valence-corrected chi connectivity index (χ1v) is 6.73. The van der Waals surface area contributed by atoms with Gasteiger partial charge in [0, 0.05) is 17.3 Å². The summed E-state index contributed by atoms with van der Waals surface area (Å²) in [5.74, 6) is -1.64. The molecule has 1 N–H and O–H groups in total. The van der Waals surface area contributed by atoms with Crippen LogP contribution in [0.5, 0.6) is 0 Å². The molecule has 0 aromatic carbocycles. The van der Waals surface area contributed by atoms with Crippen LogP contribution in [0.2, 0.25) is 0 Å². The second-order valence-corrected chi connectivity index (χ2v) is 5.51. The number of hydrogen-bond donors (Lipinski definition) is 1. The summed E-state index contributed by atoms with van der Waals surface area (Å²) >= 11 is 2.56. The Morgan fingerprint density at radius 1 is 1.61 bits per heavy atom. The largest absolute Gasteiger partial charge is 0.550 e. The topological polar surface area (TPSA) is 93.9 Å². The molecular weight excluding hydrogens is 274 g/mol. The molecule has 2 heterocycles. The predicted molar refractivity (Wildman–Crippen MR) is 68.5 cm³/mol. The maximum Gasteiger partial charge on any atom is 0.239 e. The van der Waals surface area contributed by atoms with Crippen molar-refractivity contribution in [2.45, 2.75) is 11.7 Å². The Morgan fingerprint density at radius 2 is 2.44 bits per heavy atom. The van der Waals surface area contributed by atoms with Crippen molar-refractivity contribution >= 4 is 46.4 Å². The molecule has 0 bridgehead atoms. The Labute approximate surface area is 111 Å². The van der Waals surface area contributed by atoms with Crippen LogP contribution in [0.25, 0.3) is 0 Å². The van der Waals surface area contributed by atoms with Crippen LogP contribution in [0.4, 0.5) is 0 Å². The molecule has 1 fully saturated rings. The van der Waals surface area contributed by atoms with Gasteiger partial charge in [-0.15, -0.1) is 16.4 Å². The lowest BCUT2D eigenvalue weighted by atomic mass is 10.3. The number of carbonyl (C=O) groups excluding carboxylic acids is 2. The van der Waals surface area contributed by atoms with Crippen LogP contribution in [-0.4, -0.2) is 28.5 Å². The molecule has 1 aromatic heterocycles. The molecular formula is C10H8N3O3S2-. The Morgan fingerprint density at radius 3 is 3.11 bits per heavy atom. The molecule has 1 aromatic rings. The second kappa shape index (κ2) is 5.78. The van der Waals surface area contributed by atoms with Crippen LogP contribution in [0.15, 0.2) is 27.7 Å². The number of hydrogen-bond acceptors (Lipinski definition) is 7. The number of rotatable bonds is 4. The molecule has 2 rings (SSSR count). The van der Waals surface area contributed by atoms with E-state index in [4.69, 9.17) is 0 Å². The number of aliphatic carboxylic acids is 1. The number of carbonyl (C=O) groups is 2. The minimum absolute atomic E-state index is 0.305.